The van der Waals surface area contributed by atoms with Crippen LogP contribution in [0.3, 0.4) is 0 Å². The van der Waals surface area contributed by atoms with Gasteiger partial charge in [0, 0.05) is 18.7 Å². The molecule has 16 heavy (non-hydrogen) atoms. The summed E-state index contributed by atoms with van der Waals surface area (Å²) in [4.78, 5) is 2.55. The Hall–Kier alpha value is -0.120. The monoisotopic (exact) mass is 226 g/mol. The highest BCUT2D eigenvalue weighted by molar-refractivity contribution is 4.82. The van der Waals surface area contributed by atoms with Gasteiger partial charge in [-0.2, -0.15) is 0 Å². The lowest BCUT2D eigenvalue weighted by Crippen LogP contribution is -2.48. The van der Waals surface area contributed by atoms with Crippen LogP contribution in [-0.4, -0.2) is 49.3 Å². The van der Waals surface area contributed by atoms with Crippen LogP contribution < -0.4 is 5.32 Å². The van der Waals surface area contributed by atoms with Crippen LogP contribution in [0.5, 0.6) is 0 Å². The van der Waals surface area contributed by atoms with Crippen molar-refractivity contribution in [1.29, 1.82) is 0 Å². The number of nitrogens with zero attached hydrogens (tertiary/aromatic N) is 1. The molecule has 2 aliphatic heterocycles. The first-order valence-electron chi connectivity index (χ1n) is 6.88. The number of likely N-dealkylation sites (tertiary alicyclic amines) is 1. The van der Waals surface area contributed by atoms with E-state index in [2.05, 4.69) is 24.1 Å². The lowest BCUT2D eigenvalue weighted by atomic mass is 9.99. The second kappa shape index (κ2) is 5.99. The highest BCUT2D eigenvalue weighted by Gasteiger charge is 2.24. The quantitative estimate of drug-likeness (QED) is 0.791. The molecule has 0 bridgehead atoms. The molecule has 1 N–H and O–H groups in total. The number of hydrogen-bond acceptors (Lipinski definition) is 3. The van der Waals surface area contributed by atoms with E-state index in [0.29, 0.717) is 12.1 Å². The highest BCUT2D eigenvalue weighted by Crippen LogP contribution is 2.17. The van der Waals surface area contributed by atoms with Crippen molar-refractivity contribution in [2.75, 3.05) is 26.2 Å². The summed E-state index contributed by atoms with van der Waals surface area (Å²) in [5, 5.41) is 3.83. The summed E-state index contributed by atoms with van der Waals surface area (Å²) >= 11 is 0. The summed E-state index contributed by atoms with van der Waals surface area (Å²) in [5.41, 5.74) is 0. The van der Waals surface area contributed by atoms with Crippen molar-refractivity contribution in [3.8, 4) is 0 Å². The molecule has 2 aliphatic rings. The Morgan fingerprint density at radius 1 is 1.19 bits per heavy atom. The lowest BCUT2D eigenvalue weighted by molar-refractivity contribution is 0.00950. The predicted molar refractivity (Wildman–Crippen MR) is 66.7 cm³/mol. The van der Waals surface area contributed by atoms with E-state index in [0.717, 1.165) is 12.6 Å². The van der Waals surface area contributed by atoms with Crippen LogP contribution in [0.4, 0.5) is 0 Å². The molecular weight excluding hydrogens is 200 g/mol. The zero-order valence-electron chi connectivity index (χ0n) is 10.7. The second-order valence-corrected chi connectivity index (χ2v) is 5.28. The molecule has 2 atom stereocenters. The van der Waals surface area contributed by atoms with Gasteiger partial charge in [0.05, 0.1) is 6.10 Å². The topological polar surface area (TPSA) is 24.5 Å². The smallest absolute Gasteiger partial charge is 0.0561 e. The molecule has 2 fully saturated rings. The third-order valence-corrected chi connectivity index (χ3v) is 3.99. The molecule has 0 aliphatic carbocycles. The third-order valence-electron chi connectivity index (χ3n) is 3.99. The maximum absolute atomic E-state index is 5.58. The van der Waals surface area contributed by atoms with Crippen LogP contribution in [0.2, 0.25) is 0 Å². The molecule has 94 valence electrons. The molecular formula is C13H26N2O. The Morgan fingerprint density at radius 2 is 1.94 bits per heavy atom. The molecule has 2 rings (SSSR count). The van der Waals surface area contributed by atoms with Gasteiger partial charge in [0.1, 0.15) is 0 Å². The molecule has 0 aromatic heterocycles. The Morgan fingerprint density at radius 3 is 2.56 bits per heavy atom. The lowest BCUT2D eigenvalue weighted by Gasteiger charge is -2.36. The average molecular weight is 226 g/mol. The molecule has 0 aromatic carbocycles. The Labute approximate surface area is 99.5 Å². The third kappa shape index (κ3) is 3.44. The zero-order chi connectivity index (χ0) is 11.4. The van der Waals surface area contributed by atoms with Crippen molar-refractivity contribution >= 4 is 0 Å². The summed E-state index contributed by atoms with van der Waals surface area (Å²) in [5.74, 6) is 0. The molecule has 0 spiro atoms. The van der Waals surface area contributed by atoms with Gasteiger partial charge in [0.15, 0.2) is 0 Å². The minimum Gasteiger partial charge on any atom is -0.378 e. The van der Waals surface area contributed by atoms with Gasteiger partial charge in [0.25, 0.3) is 0 Å². The van der Waals surface area contributed by atoms with Crippen LogP contribution >= 0.6 is 0 Å². The molecule has 0 amide bonds. The van der Waals surface area contributed by atoms with E-state index in [9.17, 15) is 0 Å². The summed E-state index contributed by atoms with van der Waals surface area (Å²) < 4.78 is 5.58. The van der Waals surface area contributed by atoms with Gasteiger partial charge in [-0.25, -0.2) is 0 Å². The number of rotatable bonds is 3. The minimum absolute atomic E-state index is 0.446. The molecule has 0 radical (unpaired) electrons. The van der Waals surface area contributed by atoms with Crippen molar-refractivity contribution in [1.82, 2.24) is 10.2 Å². The van der Waals surface area contributed by atoms with Crippen molar-refractivity contribution in [2.45, 2.75) is 57.7 Å². The molecule has 3 heteroatoms. The average Bonchev–Trinajstić information content (AvgIpc) is 2.30. The molecule has 2 unspecified atom stereocenters. The van der Waals surface area contributed by atoms with E-state index in [-0.39, 0.29) is 0 Å². The minimum atomic E-state index is 0.446. The standard InChI is InChI=1S/C13H26N2O/c1-3-15-7-4-12(5-8-15)14-13-6-9-16-11(2)10-13/h11-14H,3-10H2,1-2H3. The van der Waals surface area contributed by atoms with Crippen molar-refractivity contribution in [3.05, 3.63) is 0 Å². The van der Waals surface area contributed by atoms with Gasteiger partial charge in [-0.3, -0.25) is 0 Å². The Balaban J connectivity index is 1.69. The molecule has 2 heterocycles. The number of nitrogens with one attached hydrogen (secondary N) is 1. The molecule has 0 aromatic rings. The molecule has 3 nitrogen and oxygen atoms in total. The summed E-state index contributed by atoms with van der Waals surface area (Å²) in [7, 11) is 0. The number of ether oxygens (including phenoxy) is 1. The van der Waals surface area contributed by atoms with Gasteiger partial charge >= 0.3 is 0 Å². The first-order chi connectivity index (χ1) is 7.78. The number of hydrogen-bond donors (Lipinski definition) is 1. The summed E-state index contributed by atoms with van der Waals surface area (Å²) in [6, 6.07) is 1.44. The van der Waals surface area contributed by atoms with Crippen molar-refractivity contribution in [3.63, 3.8) is 0 Å². The van der Waals surface area contributed by atoms with Crippen molar-refractivity contribution < 1.29 is 4.74 Å². The molecule has 0 saturated carbocycles. The number of piperidine rings is 1. The van der Waals surface area contributed by atoms with Gasteiger partial charge in [-0.1, -0.05) is 6.92 Å². The van der Waals surface area contributed by atoms with E-state index >= 15 is 0 Å². The fraction of sp³-hybridized carbons (Fsp3) is 1.00. The first kappa shape index (κ1) is 12.3. The van der Waals surface area contributed by atoms with Gasteiger partial charge in [-0.05, 0) is 52.2 Å². The van der Waals surface area contributed by atoms with Crippen LogP contribution in [0.25, 0.3) is 0 Å². The Bertz CT molecular complexity index is 202. The highest BCUT2D eigenvalue weighted by atomic mass is 16.5. The normalized spacial score (nSPS) is 34.1. The maximum Gasteiger partial charge on any atom is 0.0561 e. The van der Waals surface area contributed by atoms with E-state index in [1.54, 1.807) is 0 Å². The van der Waals surface area contributed by atoms with Gasteiger partial charge in [-0.15, -0.1) is 0 Å². The summed E-state index contributed by atoms with van der Waals surface area (Å²) in [6.07, 6.45) is 5.47. The van der Waals surface area contributed by atoms with Crippen LogP contribution in [0.15, 0.2) is 0 Å². The van der Waals surface area contributed by atoms with E-state index in [1.807, 2.05) is 0 Å². The van der Waals surface area contributed by atoms with Crippen LogP contribution in [-0.2, 0) is 4.74 Å². The van der Waals surface area contributed by atoms with E-state index in [4.69, 9.17) is 4.74 Å². The first-order valence-corrected chi connectivity index (χ1v) is 6.88. The van der Waals surface area contributed by atoms with Crippen LogP contribution in [0, 0.1) is 0 Å². The SMILES string of the molecule is CCN1CCC(NC2CCOC(C)C2)CC1. The van der Waals surface area contributed by atoms with Gasteiger partial charge < -0.3 is 15.0 Å². The predicted octanol–water partition coefficient (Wildman–Crippen LogP) is 1.63. The van der Waals surface area contributed by atoms with Gasteiger partial charge in [0.2, 0.25) is 0 Å². The van der Waals surface area contributed by atoms with Crippen LogP contribution in [0.1, 0.15) is 39.5 Å². The zero-order valence-corrected chi connectivity index (χ0v) is 10.7. The van der Waals surface area contributed by atoms with E-state index in [1.165, 1.54) is 45.3 Å². The molecule has 2 saturated heterocycles. The van der Waals surface area contributed by atoms with E-state index < -0.39 is 0 Å². The summed E-state index contributed by atoms with van der Waals surface area (Å²) in [6.45, 7) is 9.13. The fourth-order valence-corrected chi connectivity index (χ4v) is 2.90. The largest absolute Gasteiger partial charge is 0.378 e. The fourth-order valence-electron chi connectivity index (χ4n) is 2.90. The maximum atomic E-state index is 5.58. The van der Waals surface area contributed by atoms with Crippen molar-refractivity contribution in [2.24, 2.45) is 0 Å². The second-order valence-electron chi connectivity index (χ2n) is 5.28. The Kier molecular flexibility index (Phi) is 4.62.